The van der Waals surface area contributed by atoms with Crippen LogP contribution in [0.25, 0.3) is 0 Å². The maximum absolute atomic E-state index is 12.8. The van der Waals surface area contributed by atoms with Gasteiger partial charge in [-0.2, -0.15) is 0 Å². The van der Waals surface area contributed by atoms with E-state index < -0.39 is 16.0 Å². The van der Waals surface area contributed by atoms with E-state index >= 15 is 0 Å². The van der Waals surface area contributed by atoms with Crippen molar-refractivity contribution in [3.05, 3.63) is 47.0 Å². The van der Waals surface area contributed by atoms with Crippen LogP contribution >= 0.6 is 0 Å². The summed E-state index contributed by atoms with van der Waals surface area (Å²) in [7, 11) is 0.340. The van der Waals surface area contributed by atoms with E-state index in [1.165, 1.54) is 33.5 Å². The summed E-state index contributed by atoms with van der Waals surface area (Å²) >= 11 is 0. The van der Waals surface area contributed by atoms with Gasteiger partial charge in [0.2, 0.25) is 15.8 Å². The Kier molecular flexibility index (Phi) is 7.46. The highest BCUT2D eigenvalue weighted by atomic mass is 32.2. The van der Waals surface area contributed by atoms with Crippen molar-refractivity contribution < 1.29 is 32.2 Å². The van der Waals surface area contributed by atoms with E-state index in [1.54, 1.807) is 25.1 Å². The van der Waals surface area contributed by atoms with Crippen molar-refractivity contribution >= 4 is 16.0 Å². The lowest BCUT2D eigenvalue weighted by Gasteiger charge is -2.16. The zero-order valence-electron chi connectivity index (χ0n) is 17.1. The third-order valence-corrected chi connectivity index (χ3v) is 5.72. The fourth-order valence-corrected chi connectivity index (χ4v) is 4.00. The number of benzene rings is 2. The normalized spacial score (nSPS) is 11.1. The van der Waals surface area contributed by atoms with Crippen molar-refractivity contribution in [2.45, 2.75) is 25.3 Å². The molecular formula is C20H25NO7S. The molecule has 158 valence electrons. The Morgan fingerprint density at radius 3 is 2.17 bits per heavy atom. The van der Waals surface area contributed by atoms with Gasteiger partial charge >= 0.3 is 5.97 Å². The van der Waals surface area contributed by atoms with Crippen LogP contribution in [0, 0.1) is 6.92 Å². The number of rotatable bonds is 9. The minimum Gasteiger partial charge on any atom is -0.493 e. The molecule has 0 saturated carbocycles. The van der Waals surface area contributed by atoms with Crippen LogP contribution < -0.4 is 18.9 Å². The molecule has 0 heterocycles. The summed E-state index contributed by atoms with van der Waals surface area (Å²) in [6, 6.07) is 7.72. The van der Waals surface area contributed by atoms with Crippen molar-refractivity contribution in [2.75, 3.05) is 27.9 Å². The molecule has 0 bridgehead atoms. The molecular weight excluding hydrogens is 398 g/mol. The Balaban J connectivity index is 2.32. The second kappa shape index (κ2) is 9.62. The number of carbonyl (C=O) groups is 1. The third-order valence-electron chi connectivity index (χ3n) is 4.17. The molecule has 29 heavy (non-hydrogen) atoms. The zero-order valence-corrected chi connectivity index (χ0v) is 17.9. The van der Waals surface area contributed by atoms with Crippen LogP contribution in [0.4, 0.5) is 0 Å². The second-order valence-corrected chi connectivity index (χ2v) is 7.79. The van der Waals surface area contributed by atoms with Gasteiger partial charge in [-0.25, -0.2) is 17.9 Å². The average Bonchev–Trinajstić information content (AvgIpc) is 2.72. The molecule has 2 aromatic rings. The van der Waals surface area contributed by atoms with Crippen LogP contribution in [0.15, 0.2) is 35.2 Å². The van der Waals surface area contributed by atoms with Crippen LogP contribution in [0.1, 0.15) is 28.4 Å². The SMILES string of the molecule is CCOc1c(OC)cc(CNS(=O)(=O)c2cc(C(=O)OC)ccc2C)cc1OC. The number of nitrogens with one attached hydrogen (secondary N) is 1. The summed E-state index contributed by atoms with van der Waals surface area (Å²) in [6.07, 6.45) is 0. The first-order valence-corrected chi connectivity index (χ1v) is 10.3. The van der Waals surface area contributed by atoms with E-state index in [4.69, 9.17) is 14.2 Å². The van der Waals surface area contributed by atoms with E-state index in [2.05, 4.69) is 9.46 Å². The fraction of sp³-hybridized carbons (Fsp3) is 0.350. The quantitative estimate of drug-likeness (QED) is 0.619. The first-order chi connectivity index (χ1) is 13.8. The van der Waals surface area contributed by atoms with Gasteiger partial charge in [-0.1, -0.05) is 6.07 Å². The van der Waals surface area contributed by atoms with Crippen LogP contribution in [0.3, 0.4) is 0 Å². The fourth-order valence-electron chi connectivity index (χ4n) is 2.71. The monoisotopic (exact) mass is 423 g/mol. The minimum absolute atomic E-state index is 0.00488. The smallest absolute Gasteiger partial charge is 0.337 e. The van der Waals surface area contributed by atoms with Crippen LogP contribution in [0.2, 0.25) is 0 Å². The summed E-state index contributed by atoms with van der Waals surface area (Å²) in [5.41, 5.74) is 1.28. The van der Waals surface area contributed by atoms with E-state index in [0.717, 1.165) is 0 Å². The van der Waals surface area contributed by atoms with Gasteiger partial charge in [-0.3, -0.25) is 0 Å². The van der Waals surface area contributed by atoms with Gasteiger partial charge in [-0.05, 0) is 49.2 Å². The molecule has 9 heteroatoms. The van der Waals surface area contributed by atoms with Gasteiger partial charge < -0.3 is 18.9 Å². The largest absolute Gasteiger partial charge is 0.493 e. The van der Waals surface area contributed by atoms with Gasteiger partial charge in [0.25, 0.3) is 0 Å². The highest BCUT2D eigenvalue weighted by Crippen LogP contribution is 2.38. The first kappa shape index (κ1) is 22.5. The lowest BCUT2D eigenvalue weighted by atomic mass is 10.1. The number of hydrogen-bond acceptors (Lipinski definition) is 7. The molecule has 0 saturated heterocycles. The Morgan fingerprint density at radius 1 is 1.03 bits per heavy atom. The number of hydrogen-bond donors (Lipinski definition) is 1. The second-order valence-electron chi connectivity index (χ2n) is 6.06. The number of carbonyl (C=O) groups excluding carboxylic acids is 1. The molecule has 0 fully saturated rings. The van der Waals surface area contributed by atoms with Gasteiger partial charge in [-0.15, -0.1) is 0 Å². The standard InChI is InChI=1S/C20H25NO7S/c1-6-28-19-16(25-3)9-14(10-17(19)26-4)12-21-29(23,24)18-11-15(20(22)27-5)8-7-13(18)2/h7-11,21H,6,12H2,1-5H3. The molecule has 0 aromatic heterocycles. The van der Waals surface area contributed by atoms with Crippen LogP contribution in [-0.2, 0) is 21.3 Å². The van der Waals surface area contributed by atoms with Crippen molar-refractivity contribution in [1.29, 1.82) is 0 Å². The van der Waals surface area contributed by atoms with Gasteiger partial charge in [0.15, 0.2) is 11.5 Å². The average molecular weight is 423 g/mol. The highest BCUT2D eigenvalue weighted by Gasteiger charge is 2.20. The Morgan fingerprint density at radius 2 is 1.66 bits per heavy atom. The van der Waals surface area contributed by atoms with Crippen LogP contribution in [-0.4, -0.2) is 42.3 Å². The number of sulfonamides is 1. The molecule has 0 unspecified atom stereocenters. The van der Waals surface area contributed by atoms with Crippen molar-refractivity contribution in [3.8, 4) is 17.2 Å². The summed E-state index contributed by atoms with van der Waals surface area (Å²) in [5, 5.41) is 0. The lowest BCUT2D eigenvalue weighted by Crippen LogP contribution is -2.24. The first-order valence-electron chi connectivity index (χ1n) is 8.83. The highest BCUT2D eigenvalue weighted by molar-refractivity contribution is 7.89. The molecule has 0 aliphatic rings. The molecule has 1 N–H and O–H groups in total. The van der Waals surface area contributed by atoms with Gasteiger partial charge in [0.05, 0.1) is 38.4 Å². The molecule has 2 aromatic carbocycles. The molecule has 0 amide bonds. The Labute approximate surface area is 170 Å². The molecule has 8 nitrogen and oxygen atoms in total. The molecule has 0 atom stereocenters. The van der Waals surface area contributed by atoms with Crippen molar-refractivity contribution in [1.82, 2.24) is 4.72 Å². The van der Waals surface area contributed by atoms with E-state index in [-0.39, 0.29) is 17.0 Å². The van der Waals surface area contributed by atoms with E-state index in [0.29, 0.717) is 35.0 Å². The molecule has 0 spiro atoms. The predicted molar refractivity (Wildman–Crippen MR) is 107 cm³/mol. The van der Waals surface area contributed by atoms with Crippen molar-refractivity contribution in [2.24, 2.45) is 0 Å². The summed E-state index contributed by atoms with van der Waals surface area (Å²) in [5.74, 6) is 0.710. The molecule has 0 aliphatic carbocycles. The topological polar surface area (TPSA) is 100 Å². The van der Waals surface area contributed by atoms with Crippen molar-refractivity contribution in [3.63, 3.8) is 0 Å². The minimum atomic E-state index is -3.88. The molecule has 0 aliphatic heterocycles. The molecule has 0 radical (unpaired) electrons. The maximum atomic E-state index is 12.8. The Bertz CT molecular complexity index is 961. The van der Waals surface area contributed by atoms with E-state index in [1.807, 2.05) is 6.92 Å². The summed E-state index contributed by atoms with van der Waals surface area (Å²) < 4.78 is 49.1. The van der Waals surface area contributed by atoms with Crippen LogP contribution in [0.5, 0.6) is 17.2 Å². The van der Waals surface area contributed by atoms with Gasteiger partial charge in [0.1, 0.15) is 0 Å². The number of methoxy groups -OCH3 is 3. The summed E-state index contributed by atoms with van der Waals surface area (Å²) in [4.78, 5) is 11.7. The summed E-state index contributed by atoms with van der Waals surface area (Å²) in [6.45, 7) is 3.90. The third kappa shape index (κ3) is 5.18. The van der Waals surface area contributed by atoms with Gasteiger partial charge in [0, 0.05) is 6.54 Å². The Hall–Kier alpha value is -2.78. The zero-order chi connectivity index (χ0) is 21.6. The van der Waals surface area contributed by atoms with E-state index in [9.17, 15) is 13.2 Å². The number of esters is 1. The lowest BCUT2D eigenvalue weighted by molar-refractivity contribution is 0.0600. The number of ether oxygens (including phenoxy) is 4. The molecule has 2 rings (SSSR count). The number of aryl methyl sites for hydroxylation is 1. The predicted octanol–water partition coefficient (Wildman–Crippen LogP) is 2.68. The maximum Gasteiger partial charge on any atom is 0.337 e.